The minimum Gasteiger partial charge on any atom is -0.473 e. The van der Waals surface area contributed by atoms with Crippen LogP contribution in [0, 0.1) is 0 Å². The summed E-state index contributed by atoms with van der Waals surface area (Å²) in [6, 6.07) is 2.06. The van der Waals surface area contributed by atoms with Crippen molar-refractivity contribution in [2.75, 3.05) is 0 Å². The van der Waals surface area contributed by atoms with E-state index in [4.69, 9.17) is 4.42 Å². The van der Waals surface area contributed by atoms with Crippen LogP contribution in [-0.2, 0) is 0 Å². The molecule has 0 saturated heterocycles. The van der Waals surface area contributed by atoms with Gasteiger partial charge in [0.25, 0.3) is 0 Å². The molecule has 0 amide bonds. The Kier molecular flexibility index (Phi) is 2.06. The van der Waals surface area contributed by atoms with Gasteiger partial charge in [-0.05, 0) is 22.0 Å². The molecule has 1 aromatic rings. The van der Waals surface area contributed by atoms with E-state index in [0.29, 0.717) is 0 Å². The summed E-state index contributed by atoms with van der Waals surface area (Å²) < 4.78 is 6.39. The molecule has 0 unspecified atom stereocenters. The average Bonchev–Trinajstić information content (AvgIpc) is 2.11. The fourth-order valence-corrected chi connectivity index (χ4v) is 2.22. The number of furan rings is 1. The first-order chi connectivity index (χ1) is 4.50. The number of rotatable bonds is 1. The van der Waals surface area contributed by atoms with Gasteiger partial charge < -0.3 is 4.42 Å². The average molecular weight is 219 g/mol. The molecule has 1 heterocycles. The highest BCUT2D eigenvalue weighted by Gasteiger charge is 2.20. The Bertz CT molecular complexity index is 224. The molecular weight excluding hydrogens is 208 g/mol. The van der Waals surface area contributed by atoms with Crippen LogP contribution in [0.4, 0.5) is 0 Å². The van der Waals surface area contributed by atoms with Crippen LogP contribution < -0.4 is 5.38 Å². The molecule has 56 valence electrons. The molecule has 0 radical (unpaired) electrons. The first kappa shape index (κ1) is 8.08. The van der Waals surface area contributed by atoms with E-state index in [0.717, 1.165) is 9.86 Å². The highest BCUT2D eigenvalue weighted by molar-refractivity contribution is 9.10. The lowest BCUT2D eigenvalue weighted by Crippen LogP contribution is -2.36. The van der Waals surface area contributed by atoms with E-state index in [2.05, 4.69) is 41.6 Å². The molecule has 0 bridgehead atoms. The fourth-order valence-electron chi connectivity index (χ4n) is 0.706. The molecule has 0 N–H and O–H groups in total. The van der Waals surface area contributed by atoms with Gasteiger partial charge in [-0.15, -0.1) is 0 Å². The van der Waals surface area contributed by atoms with E-state index in [-0.39, 0.29) is 0 Å². The van der Waals surface area contributed by atoms with Gasteiger partial charge >= 0.3 is 0 Å². The van der Waals surface area contributed by atoms with Gasteiger partial charge in [-0.25, -0.2) is 0 Å². The van der Waals surface area contributed by atoms with E-state index < -0.39 is 8.07 Å². The van der Waals surface area contributed by atoms with Crippen LogP contribution in [0.2, 0.25) is 19.6 Å². The number of halogens is 1. The topological polar surface area (TPSA) is 13.1 Å². The van der Waals surface area contributed by atoms with Gasteiger partial charge in [0, 0.05) is 0 Å². The summed E-state index contributed by atoms with van der Waals surface area (Å²) in [6.07, 6.45) is 1.74. The first-order valence-corrected chi connectivity index (χ1v) is 7.54. The zero-order valence-corrected chi connectivity index (χ0v) is 9.03. The van der Waals surface area contributed by atoms with Crippen molar-refractivity contribution in [3.05, 3.63) is 16.8 Å². The lowest BCUT2D eigenvalue weighted by molar-refractivity contribution is 0.596. The minimum absolute atomic E-state index is 1.05. The quantitative estimate of drug-likeness (QED) is 0.661. The summed E-state index contributed by atoms with van der Waals surface area (Å²) in [5, 5.41) is 1.15. The lowest BCUT2D eigenvalue weighted by Gasteiger charge is -2.10. The zero-order valence-electron chi connectivity index (χ0n) is 6.44. The van der Waals surface area contributed by atoms with Gasteiger partial charge in [-0.1, -0.05) is 19.6 Å². The molecule has 0 atom stereocenters. The molecule has 0 aliphatic carbocycles. The standard InChI is InChI=1S/C7H11BrOSi/c1-10(2,3)7-4-6(8)5-9-7/h4-5H,1-3H3. The second-order valence-electron chi connectivity index (χ2n) is 3.38. The third-order valence-corrected chi connectivity index (χ3v) is 3.46. The number of hydrogen-bond donors (Lipinski definition) is 0. The molecule has 0 fully saturated rings. The van der Waals surface area contributed by atoms with E-state index in [1.165, 1.54) is 0 Å². The molecule has 0 spiro atoms. The maximum absolute atomic E-state index is 5.34. The van der Waals surface area contributed by atoms with Gasteiger partial charge in [0.1, 0.15) is 14.3 Å². The molecule has 3 heteroatoms. The van der Waals surface area contributed by atoms with Crippen molar-refractivity contribution >= 4 is 29.4 Å². The largest absolute Gasteiger partial charge is 0.473 e. The van der Waals surface area contributed by atoms with Crippen LogP contribution in [0.15, 0.2) is 21.2 Å². The fraction of sp³-hybridized carbons (Fsp3) is 0.429. The van der Waals surface area contributed by atoms with Crippen LogP contribution in [-0.4, -0.2) is 8.07 Å². The van der Waals surface area contributed by atoms with E-state index >= 15 is 0 Å². The summed E-state index contributed by atoms with van der Waals surface area (Å²) >= 11 is 3.35. The van der Waals surface area contributed by atoms with E-state index in [9.17, 15) is 0 Å². The Morgan fingerprint density at radius 1 is 1.40 bits per heavy atom. The zero-order chi connectivity index (χ0) is 7.78. The predicted octanol–water partition coefficient (Wildman–Crippen LogP) is 2.59. The van der Waals surface area contributed by atoms with Gasteiger partial charge in [-0.2, -0.15) is 0 Å². The van der Waals surface area contributed by atoms with Crippen LogP contribution in [0.5, 0.6) is 0 Å². The van der Waals surface area contributed by atoms with Crippen LogP contribution in [0.1, 0.15) is 0 Å². The van der Waals surface area contributed by atoms with Crippen molar-refractivity contribution in [3.8, 4) is 0 Å². The Balaban J connectivity index is 2.96. The Hall–Kier alpha value is -0.0231. The number of hydrogen-bond acceptors (Lipinski definition) is 1. The Morgan fingerprint density at radius 3 is 2.20 bits per heavy atom. The second-order valence-corrected chi connectivity index (χ2v) is 9.29. The molecule has 0 aromatic carbocycles. The highest BCUT2D eigenvalue weighted by atomic mass is 79.9. The van der Waals surface area contributed by atoms with Gasteiger partial charge in [0.2, 0.25) is 0 Å². The molecule has 1 nitrogen and oxygen atoms in total. The first-order valence-electron chi connectivity index (χ1n) is 3.24. The third-order valence-electron chi connectivity index (χ3n) is 1.31. The molecule has 10 heavy (non-hydrogen) atoms. The van der Waals surface area contributed by atoms with Crippen LogP contribution >= 0.6 is 15.9 Å². The molecular formula is C7H11BrOSi. The lowest BCUT2D eigenvalue weighted by atomic mass is 10.7. The van der Waals surface area contributed by atoms with Crippen molar-refractivity contribution in [2.45, 2.75) is 19.6 Å². The maximum Gasteiger partial charge on any atom is 0.123 e. The van der Waals surface area contributed by atoms with Crippen molar-refractivity contribution in [1.82, 2.24) is 0 Å². The predicted molar refractivity (Wildman–Crippen MR) is 49.4 cm³/mol. The van der Waals surface area contributed by atoms with E-state index in [1.54, 1.807) is 6.26 Å². The van der Waals surface area contributed by atoms with Crippen molar-refractivity contribution in [2.24, 2.45) is 0 Å². The minimum atomic E-state index is -1.21. The van der Waals surface area contributed by atoms with Crippen LogP contribution in [0.3, 0.4) is 0 Å². The molecule has 1 rings (SSSR count). The SMILES string of the molecule is C[Si](C)(C)c1cc(Br)co1. The maximum atomic E-state index is 5.34. The van der Waals surface area contributed by atoms with Crippen molar-refractivity contribution < 1.29 is 4.42 Å². The molecule has 0 aliphatic rings. The summed E-state index contributed by atoms with van der Waals surface area (Å²) in [7, 11) is -1.21. The van der Waals surface area contributed by atoms with Gasteiger partial charge in [0.15, 0.2) is 0 Å². The van der Waals surface area contributed by atoms with Gasteiger partial charge in [-0.3, -0.25) is 0 Å². The second kappa shape index (κ2) is 2.55. The molecule has 0 aliphatic heterocycles. The summed E-state index contributed by atoms with van der Waals surface area (Å²) in [5.41, 5.74) is 0. The summed E-state index contributed by atoms with van der Waals surface area (Å²) in [6.45, 7) is 6.79. The van der Waals surface area contributed by atoms with Crippen molar-refractivity contribution in [3.63, 3.8) is 0 Å². The molecule has 1 aromatic heterocycles. The van der Waals surface area contributed by atoms with E-state index in [1.807, 2.05) is 0 Å². The monoisotopic (exact) mass is 218 g/mol. The van der Waals surface area contributed by atoms with Crippen molar-refractivity contribution in [1.29, 1.82) is 0 Å². The third kappa shape index (κ3) is 1.73. The Morgan fingerprint density at radius 2 is 2.00 bits per heavy atom. The summed E-state index contributed by atoms with van der Waals surface area (Å²) in [4.78, 5) is 0. The van der Waals surface area contributed by atoms with Gasteiger partial charge in [0.05, 0.1) is 9.86 Å². The van der Waals surface area contributed by atoms with Crippen LogP contribution in [0.25, 0.3) is 0 Å². The molecule has 0 saturated carbocycles. The summed E-state index contributed by atoms with van der Waals surface area (Å²) in [5.74, 6) is 0. The Labute approximate surface area is 70.6 Å². The smallest absolute Gasteiger partial charge is 0.123 e. The normalized spacial score (nSPS) is 12.0. The highest BCUT2D eigenvalue weighted by Crippen LogP contribution is 2.11.